The topological polar surface area (TPSA) is 54.9 Å². The second-order valence-electron chi connectivity index (χ2n) is 6.22. The van der Waals surface area contributed by atoms with Gasteiger partial charge in [0.05, 0.1) is 11.1 Å². The smallest absolute Gasteiger partial charge is 0.252 e. The van der Waals surface area contributed by atoms with Gasteiger partial charge in [0.15, 0.2) is 0 Å². The predicted molar refractivity (Wildman–Crippen MR) is 96.1 cm³/mol. The van der Waals surface area contributed by atoms with Crippen LogP contribution in [0.25, 0.3) is 10.9 Å². The molecule has 122 valence electrons. The van der Waals surface area contributed by atoms with Crippen molar-refractivity contribution >= 4 is 16.8 Å². The minimum absolute atomic E-state index is 0.0232. The third kappa shape index (κ3) is 3.43. The number of nitrogens with zero attached hydrogens (tertiary/aromatic N) is 2. The maximum atomic E-state index is 12.8. The number of amides is 1. The third-order valence-corrected chi connectivity index (χ3v) is 4.06. The summed E-state index contributed by atoms with van der Waals surface area (Å²) >= 11 is 0. The molecular formula is C20H21N3O. The van der Waals surface area contributed by atoms with Crippen molar-refractivity contribution in [1.29, 1.82) is 0 Å². The van der Waals surface area contributed by atoms with E-state index in [-0.39, 0.29) is 11.9 Å². The van der Waals surface area contributed by atoms with Crippen LogP contribution in [0.2, 0.25) is 0 Å². The zero-order valence-corrected chi connectivity index (χ0v) is 14.2. The highest BCUT2D eigenvalue weighted by molar-refractivity contribution is 6.06. The van der Waals surface area contributed by atoms with E-state index in [9.17, 15) is 4.79 Å². The van der Waals surface area contributed by atoms with Crippen molar-refractivity contribution in [3.63, 3.8) is 0 Å². The molecule has 3 rings (SSSR count). The fourth-order valence-corrected chi connectivity index (χ4v) is 2.93. The Balaban J connectivity index is 1.85. The number of fused-ring (bicyclic) bond motifs is 1. The van der Waals surface area contributed by atoms with E-state index in [2.05, 4.69) is 15.3 Å². The molecule has 0 aliphatic heterocycles. The molecule has 1 unspecified atom stereocenters. The zero-order valence-electron chi connectivity index (χ0n) is 14.2. The molecule has 24 heavy (non-hydrogen) atoms. The van der Waals surface area contributed by atoms with Crippen LogP contribution in [0.1, 0.15) is 34.1 Å². The van der Waals surface area contributed by atoms with Gasteiger partial charge in [0.1, 0.15) is 0 Å². The summed E-state index contributed by atoms with van der Waals surface area (Å²) in [6.45, 7) is 5.94. The summed E-state index contributed by atoms with van der Waals surface area (Å²) in [5.74, 6) is -0.0625. The van der Waals surface area contributed by atoms with E-state index in [1.54, 1.807) is 6.20 Å². The molecule has 0 fully saturated rings. The van der Waals surface area contributed by atoms with Crippen LogP contribution in [0.15, 0.2) is 48.8 Å². The number of carbonyl (C=O) groups excluding carboxylic acids is 1. The Bertz CT molecular complexity index is 875. The molecule has 0 aliphatic carbocycles. The number of rotatable bonds is 4. The third-order valence-electron chi connectivity index (χ3n) is 4.06. The number of pyridine rings is 2. The molecule has 4 nitrogen and oxygen atoms in total. The Kier molecular flexibility index (Phi) is 4.56. The van der Waals surface area contributed by atoms with Crippen molar-refractivity contribution in [3.8, 4) is 0 Å². The highest BCUT2D eigenvalue weighted by Crippen LogP contribution is 2.21. The maximum absolute atomic E-state index is 12.8. The lowest BCUT2D eigenvalue weighted by Gasteiger charge is -2.15. The number of benzene rings is 1. The Morgan fingerprint density at radius 3 is 2.79 bits per heavy atom. The van der Waals surface area contributed by atoms with Crippen molar-refractivity contribution in [3.05, 3.63) is 71.2 Å². The zero-order chi connectivity index (χ0) is 17.1. The van der Waals surface area contributed by atoms with Gasteiger partial charge in [-0.1, -0.05) is 24.3 Å². The van der Waals surface area contributed by atoms with Crippen LogP contribution in [-0.2, 0) is 6.42 Å². The lowest BCUT2D eigenvalue weighted by molar-refractivity contribution is 0.0941. The van der Waals surface area contributed by atoms with Gasteiger partial charge in [-0.15, -0.1) is 0 Å². The average molecular weight is 319 g/mol. The van der Waals surface area contributed by atoms with Crippen LogP contribution in [0, 0.1) is 13.8 Å². The quantitative estimate of drug-likeness (QED) is 0.799. The molecule has 0 aliphatic rings. The monoisotopic (exact) mass is 319 g/mol. The molecular weight excluding hydrogens is 298 g/mol. The summed E-state index contributed by atoms with van der Waals surface area (Å²) in [4.78, 5) is 21.5. The molecule has 1 amide bonds. The molecule has 0 spiro atoms. The normalized spacial score (nSPS) is 12.1. The number of nitrogens with one attached hydrogen (secondary N) is 1. The molecule has 1 N–H and O–H groups in total. The van der Waals surface area contributed by atoms with E-state index in [1.807, 2.05) is 63.4 Å². The van der Waals surface area contributed by atoms with Gasteiger partial charge in [-0.3, -0.25) is 14.8 Å². The SMILES string of the molecule is Cc1cc(C(=O)NC(C)Cc2cccnc2)c2cccc(C)c2n1. The summed E-state index contributed by atoms with van der Waals surface area (Å²) in [5.41, 5.74) is 4.61. The van der Waals surface area contributed by atoms with Gasteiger partial charge in [0.2, 0.25) is 0 Å². The van der Waals surface area contributed by atoms with Crippen LogP contribution in [0.4, 0.5) is 0 Å². The predicted octanol–water partition coefficient (Wildman–Crippen LogP) is 3.61. The van der Waals surface area contributed by atoms with E-state index in [4.69, 9.17) is 0 Å². The average Bonchev–Trinajstić information content (AvgIpc) is 2.56. The molecule has 0 saturated carbocycles. The van der Waals surface area contributed by atoms with Crippen LogP contribution in [0.3, 0.4) is 0 Å². The van der Waals surface area contributed by atoms with E-state index in [0.29, 0.717) is 5.56 Å². The number of para-hydroxylation sites is 1. The van der Waals surface area contributed by atoms with Crippen LogP contribution >= 0.6 is 0 Å². The van der Waals surface area contributed by atoms with E-state index >= 15 is 0 Å². The minimum Gasteiger partial charge on any atom is -0.349 e. The lowest BCUT2D eigenvalue weighted by atomic mass is 10.0. The molecule has 0 saturated heterocycles. The first kappa shape index (κ1) is 16.1. The molecule has 2 heterocycles. The van der Waals surface area contributed by atoms with Gasteiger partial charge in [-0.2, -0.15) is 0 Å². The van der Waals surface area contributed by atoms with Crippen molar-refractivity contribution in [2.45, 2.75) is 33.2 Å². The molecule has 0 bridgehead atoms. The second-order valence-corrected chi connectivity index (χ2v) is 6.22. The number of hydrogen-bond donors (Lipinski definition) is 1. The number of aryl methyl sites for hydroxylation is 2. The Morgan fingerprint density at radius 1 is 1.21 bits per heavy atom. The van der Waals surface area contributed by atoms with Crippen molar-refractivity contribution < 1.29 is 4.79 Å². The minimum atomic E-state index is -0.0625. The molecule has 1 aromatic carbocycles. The van der Waals surface area contributed by atoms with Gasteiger partial charge in [0.25, 0.3) is 5.91 Å². The largest absolute Gasteiger partial charge is 0.349 e. The molecule has 3 aromatic rings. The number of aromatic nitrogens is 2. The first-order valence-electron chi connectivity index (χ1n) is 8.11. The lowest BCUT2D eigenvalue weighted by Crippen LogP contribution is -2.34. The summed E-state index contributed by atoms with van der Waals surface area (Å²) in [5, 5.41) is 3.98. The van der Waals surface area contributed by atoms with E-state index in [1.165, 1.54) is 0 Å². The van der Waals surface area contributed by atoms with Gasteiger partial charge in [-0.25, -0.2) is 0 Å². The molecule has 0 radical (unpaired) electrons. The van der Waals surface area contributed by atoms with Gasteiger partial charge in [-0.05, 0) is 50.5 Å². The maximum Gasteiger partial charge on any atom is 0.252 e. The van der Waals surface area contributed by atoms with Crippen molar-refractivity contribution in [2.75, 3.05) is 0 Å². The van der Waals surface area contributed by atoms with Crippen LogP contribution in [-0.4, -0.2) is 21.9 Å². The summed E-state index contributed by atoms with van der Waals surface area (Å²) in [6, 6.07) is 11.7. The Hall–Kier alpha value is -2.75. The van der Waals surface area contributed by atoms with Crippen LogP contribution < -0.4 is 5.32 Å². The number of hydrogen-bond acceptors (Lipinski definition) is 3. The van der Waals surface area contributed by atoms with Gasteiger partial charge < -0.3 is 5.32 Å². The second kappa shape index (κ2) is 6.79. The standard InChI is InChI=1S/C20H21N3O/c1-13-6-4-8-17-18(11-15(3)22-19(13)17)20(24)23-14(2)10-16-7-5-9-21-12-16/h4-9,11-12,14H,10H2,1-3H3,(H,23,24). The van der Waals surface area contributed by atoms with Crippen molar-refractivity contribution in [2.24, 2.45) is 0 Å². The first-order valence-corrected chi connectivity index (χ1v) is 8.11. The number of carbonyl (C=O) groups is 1. The van der Waals surface area contributed by atoms with E-state index < -0.39 is 0 Å². The molecule has 1 atom stereocenters. The molecule has 4 heteroatoms. The van der Waals surface area contributed by atoms with Gasteiger partial charge in [0, 0.05) is 29.5 Å². The van der Waals surface area contributed by atoms with Crippen LogP contribution in [0.5, 0.6) is 0 Å². The Labute approximate surface area is 142 Å². The fourth-order valence-electron chi connectivity index (χ4n) is 2.93. The summed E-state index contributed by atoms with van der Waals surface area (Å²) < 4.78 is 0. The summed E-state index contributed by atoms with van der Waals surface area (Å²) in [7, 11) is 0. The van der Waals surface area contributed by atoms with Gasteiger partial charge >= 0.3 is 0 Å². The molecule has 2 aromatic heterocycles. The first-order chi connectivity index (χ1) is 11.5. The summed E-state index contributed by atoms with van der Waals surface area (Å²) in [6.07, 6.45) is 4.33. The van der Waals surface area contributed by atoms with E-state index in [0.717, 1.165) is 34.1 Å². The van der Waals surface area contributed by atoms with Crippen molar-refractivity contribution in [1.82, 2.24) is 15.3 Å². The Morgan fingerprint density at radius 2 is 2.04 bits per heavy atom. The highest BCUT2D eigenvalue weighted by Gasteiger charge is 2.15. The fraction of sp³-hybridized carbons (Fsp3) is 0.250. The highest BCUT2D eigenvalue weighted by atomic mass is 16.1.